The van der Waals surface area contributed by atoms with Crippen LogP contribution >= 0.6 is 54.8 Å². The first-order valence-electron chi connectivity index (χ1n) is 4.47. The van der Waals surface area contributed by atoms with Crippen LogP contribution in [0.3, 0.4) is 0 Å². The molecule has 0 aromatic carbocycles. The number of thiophene rings is 1. The van der Waals surface area contributed by atoms with E-state index in [1.54, 1.807) is 0 Å². The van der Waals surface area contributed by atoms with Crippen molar-refractivity contribution in [3.8, 4) is 0 Å². The van der Waals surface area contributed by atoms with E-state index in [4.69, 9.17) is 11.6 Å². The highest BCUT2D eigenvalue weighted by Crippen LogP contribution is 2.38. The Labute approximate surface area is 114 Å². The standard InChI is InChI=1S/C9H8Br2ClNOS/c10-5-3-6(15-8(5)11)7(12)9(14)13-4-1-2-4/h3-4,7H,1-2H2,(H,13,14). The Morgan fingerprint density at radius 3 is 2.73 bits per heavy atom. The molecule has 82 valence electrons. The molecular weight excluding hydrogens is 365 g/mol. The highest BCUT2D eigenvalue weighted by Gasteiger charge is 2.28. The summed E-state index contributed by atoms with van der Waals surface area (Å²) in [6.45, 7) is 0. The molecule has 0 saturated heterocycles. The zero-order valence-electron chi connectivity index (χ0n) is 7.60. The minimum Gasteiger partial charge on any atom is -0.352 e. The van der Waals surface area contributed by atoms with Crippen molar-refractivity contribution in [1.82, 2.24) is 5.32 Å². The molecule has 1 heterocycles. The number of nitrogens with one attached hydrogen (secondary N) is 1. The third-order valence-corrected chi connectivity index (χ3v) is 5.95. The molecule has 15 heavy (non-hydrogen) atoms. The molecule has 0 radical (unpaired) electrons. The fourth-order valence-corrected chi connectivity index (χ4v) is 3.45. The van der Waals surface area contributed by atoms with Gasteiger partial charge >= 0.3 is 0 Å². The zero-order chi connectivity index (χ0) is 11.0. The Morgan fingerprint density at radius 1 is 1.60 bits per heavy atom. The van der Waals surface area contributed by atoms with Crippen LogP contribution in [0.2, 0.25) is 0 Å². The minimum atomic E-state index is -0.585. The van der Waals surface area contributed by atoms with Gasteiger partial charge in [0.15, 0.2) is 0 Å². The highest BCUT2D eigenvalue weighted by atomic mass is 79.9. The molecule has 1 N–H and O–H groups in total. The fraction of sp³-hybridized carbons (Fsp3) is 0.444. The maximum Gasteiger partial charge on any atom is 0.243 e. The lowest BCUT2D eigenvalue weighted by atomic mass is 10.3. The van der Waals surface area contributed by atoms with E-state index < -0.39 is 5.38 Å². The molecule has 1 aromatic heterocycles. The summed E-state index contributed by atoms with van der Waals surface area (Å²) in [5.41, 5.74) is 0. The van der Waals surface area contributed by atoms with E-state index in [2.05, 4.69) is 37.2 Å². The van der Waals surface area contributed by atoms with Crippen LogP contribution in [-0.2, 0) is 4.79 Å². The van der Waals surface area contributed by atoms with E-state index in [0.717, 1.165) is 26.0 Å². The van der Waals surface area contributed by atoms with Gasteiger partial charge in [-0.1, -0.05) is 0 Å². The SMILES string of the molecule is O=C(NC1CC1)C(Cl)c1cc(Br)c(Br)s1. The first-order valence-corrected chi connectivity index (χ1v) is 7.31. The zero-order valence-corrected chi connectivity index (χ0v) is 12.3. The Balaban J connectivity index is 2.05. The molecule has 0 aliphatic heterocycles. The molecule has 1 saturated carbocycles. The Hall–Kier alpha value is 0.420. The van der Waals surface area contributed by atoms with Crippen molar-refractivity contribution >= 4 is 60.7 Å². The van der Waals surface area contributed by atoms with Gasteiger partial charge in [0.2, 0.25) is 5.91 Å². The molecule has 1 unspecified atom stereocenters. The predicted octanol–water partition coefficient (Wildman–Crippen LogP) is 3.83. The summed E-state index contributed by atoms with van der Waals surface area (Å²) in [7, 11) is 0. The van der Waals surface area contributed by atoms with Crippen molar-refractivity contribution in [2.24, 2.45) is 0 Å². The summed E-state index contributed by atoms with van der Waals surface area (Å²) in [4.78, 5) is 12.5. The van der Waals surface area contributed by atoms with Crippen LogP contribution in [0.25, 0.3) is 0 Å². The minimum absolute atomic E-state index is 0.0968. The largest absolute Gasteiger partial charge is 0.352 e. The van der Waals surface area contributed by atoms with E-state index in [0.29, 0.717) is 6.04 Å². The smallest absolute Gasteiger partial charge is 0.243 e. The van der Waals surface area contributed by atoms with Crippen LogP contribution in [0.1, 0.15) is 23.1 Å². The van der Waals surface area contributed by atoms with Crippen molar-refractivity contribution < 1.29 is 4.79 Å². The van der Waals surface area contributed by atoms with Crippen LogP contribution < -0.4 is 5.32 Å². The molecule has 1 amide bonds. The lowest BCUT2D eigenvalue weighted by Crippen LogP contribution is -2.28. The van der Waals surface area contributed by atoms with Crippen LogP contribution in [-0.4, -0.2) is 11.9 Å². The number of carbonyl (C=O) groups is 1. The van der Waals surface area contributed by atoms with E-state index >= 15 is 0 Å². The molecule has 1 aliphatic rings. The molecule has 1 atom stereocenters. The number of hydrogen-bond donors (Lipinski definition) is 1. The second kappa shape index (κ2) is 4.73. The average Bonchev–Trinajstić information content (AvgIpc) is 2.93. The maximum atomic E-state index is 11.6. The van der Waals surface area contributed by atoms with Gasteiger partial charge in [-0.05, 0) is 50.8 Å². The van der Waals surface area contributed by atoms with Crippen molar-refractivity contribution in [3.05, 3.63) is 19.2 Å². The van der Waals surface area contributed by atoms with Gasteiger partial charge in [-0.2, -0.15) is 0 Å². The Kier molecular flexibility index (Phi) is 3.75. The monoisotopic (exact) mass is 371 g/mol. The molecule has 6 heteroatoms. The van der Waals surface area contributed by atoms with Crippen molar-refractivity contribution in [3.63, 3.8) is 0 Å². The maximum absolute atomic E-state index is 11.6. The Morgan fingerprint density at radius 2 is 2.27 bits per heavy atom. The number of halogens is 3. The second-order valence-electron chi connectivity index (χ2n) is 3.42. The number of rotatable bonds is 3. The molecule has 0 spiro atoms. The quantitative estimate of drug-likeness (QED) is 0.802. The fourth-order valence-electron chi connectivity index (χ4n) is 1.12. The second-order valence-corrected chi connectivity index (χ2v) is 7.11. The van der Waals surface area contributed by atoms with Gasteiger partial charge in [0.25, 0.3) is 0 Å². The summed E-state index contributed by atoms with van der Waals surface area (Å²) >= 11 is 14.3. The van der Waals surface area contributed by atoms with Gasteiger partial charge in [0.1, 0.15) is 5.38 Å². The van der Waals surface area contributed by atoms with Crippen LogP contribution in [0.4, 0.5) is 0 Å². The van der Waals surface area contributed by atoms with Gasteiger partial charge in [0.05, 0.1) is 3.79 Å². The number of carbonyl (C=O) groups excluding carboxylic acids is 1. The summed E-state index contributed by atoms with van der Waals surface area (Å²) in [5.74, 6) is -0.0968. The average molecular weight is 373 g/mol. The van der Waals surface area contributed by atoms with Crippen molar-refractivity contribution in [2.45, 2.75) is 24.3 Å². The molecule has 1 aromatic rings. The predicted molar refractivity (Wildman–Crippen MR) is 69.5 cm³/mol. The van der Waals surface area contributed by atoms with Crippen LogP contribution in [0.15, 0.2) is 14.3 Å². The molecular formula is C9H8Br2ClNOS. The summed E-state index contributed by atoms with van der Waals surface area (Å²) in [6.07, 6.45) is 2.15. The third-order valence-electron chi connectivity index (χ3n) is 2.07. The summed E-state index contributed by atoms with van der Waals surface area (Å²) < 4.78 is 1.90. The summed E-state index contributed by atoms with van der Waals surface area (Å²) in [6, 6.07) is 2.23. The van der Waals surface area contributed by atoms with Gasteiger partial charge in [-0.3, -0.25) is 4.79 Å². The molecule has 0 bridgehead atoms. The van der Waals surface area contributed by atoms with E-state index in [9.17, 15) is 4.79 Å². The summed E-state index contributed by atoms with van der Waals surface area (Å²) in [5, 5.41) is 2.30. The Bertz CT molecular complexity index is 372. The lowest BCUT2D eigenvalue weighted by molar-refractivity contribution is -0.120. The van der Waals surface area contributed by atoms with Gasteiger partial charge in [-0.25, -0.2) is 0 Å². The first kappa shape index (κ1) is 11.9. The lowest BCUT2D eigenvalue weighted by Gasteiger charge is -2.07. The van der Waals surface area contributed by atoms with Crippen LogP contribution in [0.5, 0.6) is 0 Å². The highest BCUT2D eigenvalue weighted by molar-refractivity contribution is 9.13. The van der Waals surface area contributed by atoms with Crippen molar-refractivity contribution in [1.29, 1.82) is 0 Å². The molecule has 1 aliphatic carbocycles. The normalized spacial score (nSPS) is 17.5. The van der Waals surface area contributed by atoms with E-state index in [1.165, 1.54) is 11.3 Å². The molecule has 1 fully saturated rings. The topological polar surface area (TPSA) is 29.1 Å². The van der Waals surface area contributed by atoms with Crippen molar-refractivity contribution in [2.75, 3.05) is 0 Å². The number of amides is 1. The van der Waals surface area contributed by atoms with Gasteiger partial charge in [-0.15, -0.1) is 22.9 Å². The van der Waals surface area contributed by atoms with Gasteiger partial charge < -0.3 is 5.32 Å². The molecule has 2 rings (SSSR count). The van der Waals surface area contributed by atoms with Gasteiger partial charge in [0, 0.05) is 15.4 Å². The first-order chi connectivity index (χ1) is 7.08. The number of alkyl halides is 1. The third kappa shape index (κ3) is 2.96. The van der Waals surface area contributed by atoms with E-state index in [-0.39, 0.29) is 5.91 Å². The van der Waals surface area contributed by atoms with E-state index in [1.807, 2.05) is 6.07 Å². The van der Waals surface area contributed by atoms with Crippen LogP contribution in [0, 0.1) is 0 Å². The molecule has 2 nitrogen and oxygen atoms in total. The number of hydrogen-bond acceptors (Lipinski definition) is 2.